The van der Waals surface area contributed by atoms with Gasteiger partial charge in [-0.05, 0) is 32.9 Å². The first kappa shape index (κ1) is 12.1. The smallest absolute Gasteiger partial charge is 0.207 e. The second-order valence-corrected chi connectivity index (χ2v) is 7.58. The Balaban J connectivity index is 2.64. The van der Waals surface area contributed by atoms with Crippen LogP contribution < -0.4 is 0 Å². The van der Waals surface area contributed by atoms with Crippen LogP contribution in [0.25, 0.3) is 0 Å². The van der Waals surface area contributed by atoms with Crippen LogP contribution in [0.4, 0.5) is 0 Å². The molecule has 0 fully saturated rings. The molecule has 0 atom stereocenters. The van der Waals surface area contributed by atoms with E-state index in [0.717, 1.165) is 10.0 Å². The summed E-state index contributed by atoms with van der Waals surface area (Å²) in [6.07, 6.45) is 0. The van der Waals surface area contributed by atoms with E-state index in [4.69, 9.17) is 0 Å². The van der Waals surface area contributed by atoms with Gasteiger partial charge in [0.2, 0.25) is 10.0 Å². The fourth-order valence-corrected chi connectivity index (χ4v) is 4.50. The first-order valence-electron chi connectivity index (χ1n) is 5.05. The molecule has 0 saturated carbocycles. The van der Waals surface area contributed by atoms with Gasteiger partial charge in [0.05, 0.1) is 4.90 Å². The Morgan fingerprint density at radius 1 is 1.31 bits per heavy atom. The molecule has 0 radical (unpaired) electrons. The lowest BCUT2D eigenvalue weighted by Gasteiger charge is -2.29. The van der Waals surface area contributed by atoms with E-state index >= 15 is 0 Å². The Morgan fingerprint density at radius 3 is 2.44 bits per heavy atom. The van der Waals surface area contributed by atoms with Crippen molar-refractivity contribution in [3.05, 3.63) is 28.2 Å². The zero-order valence-electron chi connectivity index (χ0n) is 9.49. The molecular formula is C11H14BrNO2S. The van der Waals surface area contributed by atoms with E-state index in [-0.39, 0.29) is 0 Å². The van der Waals surface area contributed by atoms with Crippen molar-refractivity contribution in [1.82, 2.24) is 4.31 Å². The van der Waals surface area contributed by atoms with Crippen LogP contribution in [0.15, 0.2) is 27.6 Å². The molecule has 16 heavy (non-hydrogen) atoms. The Hall–Kier alpha value is -0.390. The molecule has 0 aromatic heterocycles. The Bertz CT molecular complexity index is 531. The summed E-state index contributed by atoms with van der Waals surface area (Å²) < 4.78 is 27.0. The summed E-state index contributed by atoms with van der Waals surface area (Å²) in [7, 11) is -3.32. The topological polar surface area (TPSA) is 37.4 Å². The molecule has 0 unspecified atom stereocenters. The lowest BCUT2D eigenvalue weighted by molar-refractivity contribution is 0.252. The van der Waals surface area contributed by atoms with Gasteiger partial charge >= 0.3 is 0 Å². The summed E-state index contributed by atoms with van der Waals surface area (Å²) in [5.41, 5.74) is 0.467. The number of fused-ring (bicyclic) bond motifs is 1. The van der Waals surface area contributed by atoms with Crippen LogP contribution in [0.2, 0.25) is 0 Å². The van der Waals surface area contributed by atoms with Gasteiger partial charge in [0.15, 0.2) is 0 Å². The zero-order valence-corrected chi connectivity index (χ0v) is 11.9. The second kappa shape index (κ2) is 3.55. The van der Waals surface area contributed by atoms with Crippen LogP contribution in [0.5, 0.6) is 0 Å². The third kappa shape index (κ3) is 1.71. The van der Waals surface area contributed by atoms with Crippen molar-refractivity contribution in [1.29, 1.82) is 0 Å². The van der Waals surface area contributed by atoms with Gasteiger partial charge in [0, 0.05) is 22.1 Å². The average molecular weight is 304 g/mol. The molecule has 1 aliphatic heterocycles. The predicted molar refractivity (Wildman–Crippen MR) is 66.6 cm³/mol. The molecule has 0 spiro atoms. The monoisotopic (exact) mass is 303 g/mol. The lowest BCUT2D eigenvalue weighted by atomic mass is 10.1. The maximum atomic E-state index is 12.3. The lowest BCUT2D eigenvalue weighted by Crippen LogP contribution is -2.41. The Morgan fingerprint density at radius 2 is 1.94 bits per heavy atom. The molecule has 1 aliphatic rings. The normalized spacial score (nSPS) is 19.8. The summed E-state index contributed by atoms with van der Waals surface area (Å²) >= 11 is 3.40. The summed E-state index contributed by atoms with van der Waals surface area (Å²) in [5.74, 6) is 0. The SMILES string of the molecule is CC(C)(C)N1Cc2c(Br)cccc2S1(=O)=O. The van der Waals surface area contributed by atoms with Crippen LogP contribution in [0.3, 0.4) is 0 Å². The summed E-state index contributed by atoms with van der Waals surface area (Å²) in [6, 6.07) is 5.30. The van der Waals surface area contributed by atoms with E-state index in [1.165, 1.54) is 4.31 Å². The number of hydrogen-bond donors (Lipinski definition) is 0. The minimum atomic E-state index is -3.32. The number of halogens is 1. The highest BCUT2D eigenvalue weighted by Gasteiger charge is 2.41. The second-order valence-electron chi connectivity index (χ2n) is 4.90. The number of rotatable bonds is 0. The first-order chi connectivity index (χ1) is 7.24. The molecule has 0 N–H and O–H groups in total. The molecular weight excluding hydrogens is 290 g/mol. The van der Waals surface area contributed by atoms with Crippen LogP contribution >= 0.6 is 15.9 Å². The van der Waals surface area contributed by atoms with Gasteiger partial charge in [0.1, 0.15) is 0 Å². The number of nitrogens with zero attached hydrogens (tertiary/aromatic N) is 1. The van der Waals surface area contributed by atoms with Crippen molar-refractivity contribution in [2.75, 3.05) is 0 Å². The molecule has 5 heteroatoms. The van der Waals surface area contributed by atoms with Crippen LogP contribution in [0.1, 0.15) is 26.3 Å². The van der Waals surface area contributed by atoms with Crippen molar-refractivity contribution >= 4 is 26.0 Å². The largest absolute Gasteiger partial charge is 0.244 e. The van der Waals surface area contributed by atoms with E-state index in [0.29, 0.717) is 11.4 Å². The Labute approximate surface area is 105 Å². The molecule has 88 valence electrons. The minimum absolute atomic E-state index is 0.392. The number of sulfonamides is 1. The van der Waals surface area contributed by atoms with Gasteiger partial charge in [-0.25, -0.2) is 8.42 Å². The van der Waals surface area contributed by atoms with Gasteiger partial charge in [-0.3, -0.25) is 0 Å². The van der Waals surface area contributed by atoms with E-state index < -0.39 is 15.6 Å². The zero-order chi connectivity index (χ0) is 12.1. The fraction of sp³-hybridized carbons (Fsp3) is 0.455. The number of hydrogen-bond acceptors (Lipinski definition) is 2. The van der Waals surface area contributed by atoms with E-state index in [2.05, 4.69) is 15.9 Å². The van der Waals surface area contributed by atoms with Gasteiger partial charge in [-0.1, -0.05) is 22.0 Å². The third-order valence-electron chi connectivity index (χ3n) is 2.69. The van der Waals surface area contributed by atoms with Crippen LogP contribution in [0, 0.1) is 0 Å². The quantitative estimate of drug-likeness (QED) is 0.739. The summed E-state index contributed by atoms with van der Waals surface area (Å²) in [5, 5.41) is 0. The molecule has 0 bridgehead atoms. The third-order valence-corrected chi connectivity index (χ3v) is 5.63. The van der Waals surface area contributed by atoms with Gasteiger partial charge in [0.25, 0.3) is 0 Å². The fourth-order valence-electron chi connectivity index (χ4n) is 1.88. The molecule has 0 aliphatic carbocycles. The summed E-state index contributed by atoms with van der Waals surface area (Å²) in [6.45, 7) is 6.17. The van der Waals surface area contributed by atoms with Crippen molar-refractivity contribution in [3.63, 3.8) is 0 Å². The maximum absolute atomic E-state index is 12.3. The van der Waals surface area contributed by atoms with Crippen molar-refractivity contribution in [3.8, 4) is 0 Å². The van der Waals surface area contributed by atoms with Crippen molar-refractivity contribution in [2.24, 2.45) is 0 Å². The van der Waals surface area contributed by atoms with Crippen LogP contribution in [-0.2, 0) is 16.6 Å². The highest BCUT2D eigenvalue weighted by atomic mass is 79.9. The molecule has 1 aromatic rings. The van der Waals surface area contributed by atoms with E-state index in [1.807, 2.05) is 26.8 Å². The van der Waals surface area contributed by atoms with Crippen LogP contribution in [-0.4, -0.2) is 18.3 Å². The molecule has 1 heterocycles. The molecule has 3 nitrogen and oxygen atoms in total. The highest BCUT2D eigenvalue weighted by Crippen LogP contribution is 2.38. The highest BCUT2D eigenvalue weighted by molar-refractivity contribution is 9.10. The summed E-state index contributed by atoms with van der Waals surface area (Å²) in [4.78, 5) is 0.428. The number of benzene rings is 1. The molecule has 0 amide bonds. The van der Waals surface area contributed by atoms with E-state index in [9.17, 15) is 8.42 Å². The van der Waals surface area contributed by atoms with Crippen molar-refractivity contribution in [2.45, 2.75) is 37.8 Å². The van der Waals surface area contributed by atoms with E-state index in [1.54, 1.807) is 12.1 Å². The Kier molecular flexibility index (Phi) is 2.68. The molecule has 0 saturated heterocycles. The average Bonchev–Trinajstić information content (AvgIpc) is 2.39. The van der Waals surface area contributed by atoms with Gasteiger partial charge in [-0.2, -0.15) is 4.31 Å². The molecule has 2 rings (SSSR count). The predicted octanol–water partition coefficient (Wildman–Crippen LogP) is 2.75. The molecule has 1 aromatic carbocycles. The minimum Gasteiger partial charge on any atom is -0.207 e. The van der Waals surface area contributed by atoms with Crippen molar-refractivity contribution < 1.29 is 8.42 Å². The van der Waals surface area contributed by atoms with Gasteiger partial charge in [-0.15, -0.1) is 0 Å². The first-order valence-corrected chi connectivity index (χ1v) is 7.28. The standard InChI is InChI=1S/C11H14BrNO2S/c1-11(2,3)13-7-8-9(12)5-4-6-10(8)16(13,14)15/h4-6H,7H2,1-3H3. The van der Waals surface area contributed by atoms with Gasteiger partial charge < -0.3 is 0 Å². The maximum Gasteiger partial charge on any atom is 0.244 e.